The Hall–Kier alpha value is -1.96. The minimum Gasteiger partial charge on any atom is -0.278 e. The van der Waals surface area contributed by atoms with E-state index >= 15 is 0 Å². The van der Waals surface area contributed by atoms with Gasteiger partial charge >= 0.3 is 0 Å². The molecule has 1 aromatic carbocycles. The quantitative estimate of drug-likeness (QED) is 0.842. The average molecular weight is 324 g/mol. The van der Waals surface area contributed by atoms with E-state index in [9.17, 15) is 13.2 Å². The number of piperidine rings is 1. The zero-order chi connectivity index (χ0) is 16.0. The van der Waals surface area contributed by atoms with Crippen molar-refractivity contribution in [3.8, 4) is 0 Å². The van der Waals surface area contributed by atoms with Gasteiger partial charge in [0, 0.05) is 19.5 Å². The second-order valence-electron chi connectivity index (χ2n) is 5.08. The van der Waals surface area contributed by atoms with Gasteiger partial charge in [-0.1, -0.05) is 12.1 Å². The van der Waals surface area contributed by atoms with E-state index < -0.39 is 15.9 Å². The highest BCUT2D eigenvalue weighted by atomic mass is 32.2. The first kappa shape index (κ1) is 16.4. The van der Waals surface area contributed by atoms with E-state index in [1.54, 1.807) is 19.1 Å². The Kier molecular flexibility index (Phi) is 5.48. The molecular formula is C14H20N4O3S. The van der Waals surface area contributed by atoms with Crippen LogP contribution in [-0.4, -0.2) is 32.4 Å². The van der Waals surface area contributed by atoms with E-state index in [0.717, 1.165) is 25.9 Å². The summed E-state index contributed by atoms with van der Waals surface area (Å²) in [5.74, 6) is -0.533. The molecule has 8 heteroatoms. The molecule has 0 aromatic heterocycles. The predicted octanol–water partition coefficient (Wildman–Crippen LogP) is 2.39. The van der Waals surface area contributed by atoms with E-state index in [1.165, 1.54) is 18.6 Å². The van der Waals surface area contributed by atoms with Crippen LogP contribution in [0.3, 0.4) is 0 Å². The summed E-state index contributed by atoms with van der Waals surface area (Å²) < 4.78 is 25.8. The van der Waals surface area contributed by atoms with Gasteiger partial charge in [0.2, 0.25) is 5.91 Å². The lowest BCUT2D eigenvalue weighted by molar-refractivity contribution is -0.119. The molecule has 0 aliphatic carbocycles. The van der Waals surface area contributed by atoms with Gasteiger partial charge in [0.1, 0.15) is 0 Å². The van der Waals surface area contributed by atoms with Crippen molar-refractivity contribution in [2.75, 3.05) is 13.1 Å². The van der Waals surface area contributed by atoms with E-state index in [-0.39, 0.29) is 11.3 Å². The lowest BCUT2D eigenvalue weighted by atomic mass is 10.2. The topological polar surface area (TPSA) is 91.2 Å². The smallest absolute Gasteiger partial charge is 0.264 e. The highest BCUT2D eigenvalue weighted by Gasteiger charge is 2.16. The van der Waals surface area contributed by atoms with Gasteiger partial charge in [-0.05, 0) is 43.5 Å². The third-order valence-corrected chi connectivity index (χ3v) is 4.72. The summed E-state index contributed by atoms with van der Waals surface area (Å²) >= 11 is 0. The standard InChI is InChI=1S/C14H20N4O3S/c1-2-14(19)16-22(20,21)13-8-6-12(7-9-13)15-17-18-10-4-3-5-11-18/h6-9H,2-5,10-11H2,1H3,(H,16,19). The molecule has 0 unspecified atom stereocenters. The number of nitrogens with one attached hydrogen (secondary N) is 1. The molecule has 0 bridgehead atoms. The zero-order valence-corrected chi connectivity index (χ0v) is 13.3. The molecule has 1 aliphatic rings. The Bertz CT molecular complexity index is 635. The van der Waals surface area contributed by atoms with Crippen molar-refractivity contribution in [2.24, 2.45) is 10.3 Å². The van der Waals surface area contributed by atoms with Gasteiger partial charge in [0.05, 0.1) is 10.6 Å². The number of sulfonamides is 1. The normalized spacial score (nSPS) is 16.0. The molecule has 22 heavy (non-hydrogen) atoms. The first-order valence-electron chi connectivity index (χ1n) is 7.33. The Morgan fingerprint density at radius 2 is 1.82 bits per heavy atom. The Morgan fingerprint density at radius 3 is 2.41 bits per heavy atom. The fourth-order valence-corrected chi connectivity index (χ4v) is 3.11. The maximum absolute atomic E-state index is 11.9. The number of rotatable bonds is 5. The van der Waals surface area contributed by atoms with Crippen molar-refractivity contribution < 1.29 is 13.2 Å². The van der Waals surface area contributed by atoms with Crippen molar-refractivity contribution in [3.63, 3.8) is 0 Å². The lowest BCUT2D eigenvalue weighted by Crippen LogP contribution is -2.29. The van der Waals surface area contributed by atoms with Crippen LogP contribution in [0.15, 0.2) is 39.5 Å². The van der Waals surface area contributed by atoms with Crippen molar-refractivity contribution in [1.82, 2.24) is 9.73 Å². The number of benzene rings is 1. The van der Waals surface area contributed by atoms with Crippen molar-refractivity contribution >= 4 is 21.6 Å². The van der Waals surface area contributed by atoms with E-state index in [2.05, 4.69) is 10.3 Å². The summed E-state index contributed by atoms with van der Waals surface area (Å²) in [7, 11) is -3.81. The molecule has 1 saturated heterocycles. The fourth-order valence-electron chi connectivity index (χ4n) is 2.05. The average Bonchev–Trinajstić information content (AvgIpc) is 2.54. The van der Waals surface area contributed by atoms with Gasteiger partial charge in [0.15, 0.2) is 0 Å². The first-order valence-corrected chi connectivity index (χ1v) is 8.82. The van der Waals surface area contributed by atoms with Crippen LogP contribution in [0.4, 0.5) is 5.69 Å². The molecule has 1 heterocycles. The lowest BCUT2D eigenvalue weighted by Gasteiger charge is -2.21. The van der Waals surface area contributed by atoms with Gasteiger partial charge < -0.3 is 0 Å². The number of hydrogen-bond acceptors (Lipinski definition) is 5. The van der Waals surface area contributed by atoms with Gasteiger partial charge in [-0.2, -0.15) is 0 Å². The van der Waals surface area contributed by atoms with Gasteiger partial charge in [0.25, 0.3) is 10.0 Å². The van der Waals surface area contributed by atoms with Crippen LogP contribution < -0.4 is 4.72 Å². The van der Waals surface area contributed by atoms with Gasteiger partial charge in [-0.15, -0.1) is 5.11 Å². The summed E-state index contributed by atoms with van der Waals surface area (Å²) in [6.07, 6.45) is 3.57. The van der Waals surface area contributed by atoms with Crippen LogP contribution >= 0.6 is 0 Å². The summed E-state index contributed by atoms with van der Waals surface area (Å²) in [6, 6.07) is 5.96. The molecule has 1 fully saturated rings. The molecule has 0 spiro atoms. The van der Waals surface area contributed by atoms with Crippen LogP contribution in [0.2, 0.25) is 0 Å². The minimum absolute atomic E-state index is 0.0335. The number of hydrogen-bond donors (Lipinski definition) is 1. The van der Waals surface area contributed by atoms with Crippen LogP contribution in [0, 0.1) is 0 Å². The Labute approximate surface area is 130 Å². The minimum atomic E-state index is -3.81. The fraction of sp³-hybridized carbons (Fsp3) is 0.500. The van der Waals surface area contributed by atoms with Gasteiger partial charge in [-0.25, -0.2) is 13.1 Å². The Morgan fingerprint density at radius 1 is 1.18 bits per heavy atom. The van der Waals surface area contributed by atoms with Crippen molar-refractivity contribution in [2.45, 2.75) is 37.5 Å². The molecular weight excluding hydrogens is 304 g/mol. The maximum Gasteiger partial charge on any atom is 0.264 e. The van der Waals surface area contributed by atoms with Crippen LogP contribution in [-0.2, 0) is 14.8 Å². The molecule has 1 aliphatic heterocycles. The maximum atomic E-state index is 11.9. The van der Waals surface area contributed by atoms with Crippen molar-refractivity contribution in [3.05, 3.63) is 24.3 Å². The summed E-state index contributed by atoms with van der Waals surface area (Å²) in [5.41, 5.74) is 0.575. The predicted molar refractivity (Wildman–Crippen MR) is 82.0 cm³/mol. The molecule has 2 rings (SSSR count). The van der Waals surface area contributed by atoms with E-state index in [0.29, 0.717) is 5.69 Å². The molecule has 1 N–H and O–H groups in total. The molecule has 1 amide bonds. The van der Waals surface area contributed by atoms with Crippen LogP contribution in [0.1, 0.15) is 32.6 Å². The summed E-state index contributed by atoms with van der Waals surface area (Å²) in [6.45, 7) is 3.40. The number of carbonyl (C=O) groups excluding carboxylic acids is 1. The van der Waals surface area contributed by atoms with Crippen molar-refractivity contribution in [1.29, 1.82) is 0 Å². The number of nitrogens with zero attached hydrogens (tertiary/aromatic N) is 3. The molecule has 0 saturated carbocycles. The van der Waals surface area contributed by atoms with Crippen LogP contribution in [0.25, 0.3) is 0 Å². The molecule has 7 nitrogen and oxygen atoms in total. The van der Waals surface area contributed by atoms with Crippen LogP contribution in [0.5, 0.6) is 0 Å². The third kappa shape index (κ3) is 4.52. The highest BCUT2D eigenvalue weighted by Crippen LogP contribution is 2.18. The number of amides is 1. The molecule has 0 atom stereocenters. The largest absolute Gasteiger partial charge is 0.278 e. The van der Waals surface area contributed by atoms with E-state index in [4.69, 9.17) is 0 Å². The van der Waals surface area contributed by atoms with Gasteiger partial charge in [-0.3, -0.25) is 9.80 Å². The molecule has 120 valence electrons. The summed E-state index contributed by atoms with van der Waals surface area (Å²) in [4.78, 5) is 11.2. The number of carbonyl (C=O) groups is 1. The molecule has 1 aromatic rings. The SMILES string of the molecule is CCC(=O)NS(=O)(=O)c1ccc(N=NN2CCCCC2)cc1. The monoisotopic (exact) mass is 324 g/mol. The highest BCUT2D eigenvalue weighted by molar-refractivity contribution is 7.90. The third-order valence-electron chi connectivity index (χ3n) is 3.34. The second kappa shape index (κ2) is 7.35. The molecule has 0 radical (unpaired) electrons. The Balaban J connectivity index is 2.03. The first-order chi connectivity index (χ1) is 10.5. The summed E-state index contributed by atoms with van der Waals surface area (Å²) in [5, 5.41) is 10.2. The zero-order valence-electron chi connectivity index (χ0n) is 12.5. The van der Waals surface area contributed by atoms with E-state index in [1.807, 2.05) is 9.73 Å². The second-order valence-corrected chi connectivity index (χ2v) is 6.76.